The molecular weight excluding hydrogens is 496 g/mol. The van der Waals surface area contributed by atoms with Gasteiger partial charge in [0.1, 0.15) is 11.5 Å². The first-order chi connectivity index (χ1) is 20.2. The van der Waals surface area contributed by atoms with Gasteiger partial charge >= 0.3 is 0 Å². The molecule has 7 aromatic carbocycles. The van der Waals surface area contributed by atoms with Crippen molar-refractivity contribution >= 4 is 21.5 Å². The molecule has 41 heavy (non-hydrogen) atoms. The fraction of sp³-hybridized carbons (Fsp3) is 0.0500. The van der Waals surface area contributed by atoms with Gasteiger partial charge in [0.15, 0.2) is 0 Å². The van der Waals surface area contributed by atoms with Crippen molar-refractivity contribution in [3.63, 3.8) is 0 Å². The second kappa shape index (κ2) is 8.19. The van der Waals surface area contributed by atoms with Crippen molar-refractivity contribution in [1.82, 2.24) is 0 Å². The standard InChI is InChI=1S/C40H26O/c1-40(27-11-3-2-4-12-27)34-22-19-25-10-5-6-13-29(25)38(34)33-20-18-26(24-35(33)40)28-21-23-37-39-31(28)15-9-16-32(39)30-14-7-8-17-36(30)41-37/h2-24H,1H3. The van der Waals surface area contributed by atoms with Crippen LogP contribution in [0.1, 0.15) is 23.6 Å². The normalized spacial score (nSPS) is 16.2. The Hall–Kier alpha value is -5.14. The Morgan fingerprint density at radius 2 is 1.24 bits per heavy atom. The minimum absolute atomic E-state index is 0.264. The SMILES string of the molecule is CC1(c2ccccc2)c2cc(-c3ccc4c5c(cccc35)-c3ccccc3O4)ccc2-c2c1ccc1ccccc21. The highest BCUT2D eigenvalue weighted by atomic mass is 16.5. The molecule has 0 fully saturated rings. The molecule has 2 aliphatic rings. The smallest absolute Gasteiger partial charge is 0.135 e. The van der Waals surface area contributed by atoms with Crippen LogP contribution in [0.2, 0.25) is 0 Å². The van der Waals surface area contributed by atoms with Crippen LogP contribution >= 0.6 is 0 Å². The van der Waals surface area contributed by atoms with Crippen LogP contribution in [0.4, 0.5) is 0 Å². The summed E-state index contributed by atoms with van der Waals surface area (Å²) in [6.07, 6.45) is 0. The van der Waals surface area contributed by atoms with E-state index in [2.05, 4.69) is 140 Å². The molecule has 0 saturated carbocycles. The first kappa shape index (κ1) is 22.7. The highest BCUT2D eigenvalue weighted by Crippen LogP contribution is 2.56. The third kappa shape index (κ3) is 3.01. The Labute approximate surface area is 239 Å². The Kier molecular flexibility index (Phi) is 4.52. The lowest BCUT2D eigenvalue weighted by Crippen LogP contribution is -2.22. The summed E-state index contributed by atoms with van der Waals surface area (Å²) in [5.41, 5.74) is 11.3. The second-order valence-electron chi connectivity index (χ2n) is 11.4. The van der Waals surface area contributed by atoms with Gasteiger partial charge in [-0.3, -0.25) is 0 Å². The fourth-order valence-electron chi connectivity index (χ4n) is 7.38. The maximum absolute atomic E-state index is 6.39. The molecule has 0 radical (unpaired) electrons. The number of para-hydroxylation sites is 1. The topological polar surface area (TPSA) is 9.23 Å². The molecule has 0 N–H and O–H groups in total. The molecule has 9 rings (SSSR count). The zero-order chi connectivity index (χ0) is 27.1. The molecule has 1 aliphatic heterocycles. The number of ether oxygens (including phenoxy) is 1. The van der Waals surface area contributed by atoms with Gasteiger partial charge in [0.05, 0.1) is 0 Å². The molecule has 0 bridgehead atoms. The second-order valence-corrected chi connectivity index (χ2v) is 11.4. The quantitative estimate of drug-likeness (QED) is 0.219. The number of hydrogen-bond acceptors (Lipinski definition) is 1. The lowest BCUT2D eigenvalue weighted by atomic mass is 9.73. The molecule has 0 amide bonds. The van der Waals surface area contributed by atoms with Crippen molar-refractivity contribution in [3.8, 4) is 44.9 Å². The van der Waals surface area contributed by atoms with Crippen LogP contribution in [0.25, 0.3) is 54.9 Å². The lowest BCUT2D eigenvalue weighted by Gasteiger charge is -2.29. The molecule has 0 saturated heterocycles. The Morgan fingerprint density at radius 3 is 2.17 bits per heavy atom. The zero-order valence-electron chi connectivity index (χ0n) is 22.7. The van der Waals surface area contributed by atoms with Gasteiger partial charge in [-0.15, -0.1) is 0 Å². The molecule has 1 heterocycles. The predicted molar refractivity (Wildman–Crippen MR) is 170 cm³/mol. The summed E-state index contributed by atoms with van der Waals surface area (Å²) in [6.45, 7) is 2.40. The van der Waals surface area contributed by atoms with E-state index in [1.165, 1.54) is 66.1 Å². The summed E-state index contributed by atoms with van der Waals surface area (Å²) < 4.78 is 6.39. The van der Waals surface area contributed by atoms with Crippen molar-refractivity contribution in [2.24, 2.45) is 0 Å². The zero-order valence-corrected chi connectivity index (χ0v) is 22.7. The third-order valence-corrected chi connectivity index (χ3v) is 9.36. The van der Waals surface area contributed by atoms with Gasteiger partial charge in [0.25, 0.3) is 0 Å². The maximum Gasteiger partial charge on any atom is 0.135 e. The van der Waals surface area contributed by atoms with E-state index in [0.717, 1.165) is 17.1 Å². The lowest BCUT2D eigenvalue weighted by molar-refractivity contribution is 0.487. The Morgan fingerprint density at radius 1 is 0.488 bits per heavy atom. The summed E-state index contributed by atoms with van der Waals surface area (Å²) in [5.74, 6) is 1.84. The average molecular weight is 523 g/mol. The van der Waals surface area contributed by atoms with Crippen LogP contribution in [0.3, 0.4) is 0 Å². The predicted octanol–water partition coefficient (Wildman–Crippen LogP) is 10.8. The summed E-state index contributed by atoms with van der Waals surface area (Å²) in [4.78, 5) is 0. The van der Waals surface area contributed by atoms with Crippen molar-refractivity contribution in [3.05, 3.63) is 156 Å². The molecule has 0 spiro atoms. The number of rotatable bonds is 2. The summed E-state index contributed by atoms with van der Waals surface area (Å²) in [5, 5.41) is 5.00. The minimum atomic E-state index is -0.264. The van der Waals surface area contributed by atoms with Crippen molar-refractivity contribution in [2.75, 3.05) is 0 Å². The van der Waals surface area contributed by atoms with E-state index in [1.54, 1.807) is 0 Å². The minimum Gasteiger partial charge on any atom is -0.456 e. The van der Waals surface area contributed by atoms with Gasteiger partial charge in [-0.25, -0.2) is 0 Å². The van der Waals surface area contributed by atoms with E-state index in [-0.39, 0.29) is 5.41 Å². The van der Waals surface area contributed by atoms with E-state index in [1.807, 2.05) is 6.07 Å². The first-order valence-electron chi connectivity index (χ1n) is 14.3. The molecular formula is C40H26O. The summed E-state index contributed by atoms with van der Waals surface area (Å²) >= 11 is 0. The molecule has 0 aromatic heterocycles. The fourth-order valence-corrected chi connectivity index (χ4v) is 7.38. The van der Waals surface area contributed by atoms with E-state index in [9.17, 15) is 0 Å². The Bertz CT molecular complexity index is 2190. The molecule has 1 heteroatoms. The van der Waals surface area contributed by atoms with Gasteiger partial charge < -0.3 is 4.74 Å². The summed E-state index contributed by atoms with van der Waals surface area (Å²) in [6, 6.07) is 50.8. The largest absolute Gasteiger partial charge is 0.456 e. The van der Waals surface area contributed by atoms with Crippen LogP contribution in [0.5, 0.6) is 11.5 Å². The monoisotopic (exact) mass is 522 g/mol. The van der Waals surface area contributed by atoms with Crippen LogP contribution in [-0.4, -0.2) is 0 Å². The Balaban J connectivity index is 1.32. The molecule has 1 unspecified atom stereocenters. The van der Waals surface area contributed by atoms with Gasteiger partial charge in [0.2, 0.25) is 0 Å². The van der Waals surface area contributed by atoms with Gasteiger partial charge in [0, 0.05) is 16.4 Å². The average Bonchev–Trinajstić information content (AvgIpc) is 3.30. The summed E-state index contributed by atoms with van der Waals surface area (Å²) in [7, 11) is 0. The van der Waals surface area contributed by atoms with Crippen molar-refractivity contribution < 1.29 is 4.74 Å². The molecule has 1 aliphatic carbocycles. The highest BCUT2D eigenvalue weighted by molar-refractivity contribution is 6.10. The van der Waals surface area contributed by atoms with E-state index in [4.69, 9.17) is 4.74 Å². The number of fused-ring (bicyclic) bond motifs is 7. The van der Waals surface area contributed by atoms with E-state index < -0.39 is 0 Å². The van der Waals surface area contributed by atoms with Crippen molar-refractivity contribution in [2.45, 2.75) is 12.3 Å². The molecule has 7 aromatic rings. The van der Waals surface area contributed by atoms with Crippen LogP contribution in [0.15, 0.2) is 140 Å². The van der Waals surface area contributed by atoms with Crippen molar-refractivity contribution in [1.29, 1.82) is 0 Å². The number of hydrogen-bond donors (Lipinski definition) is 0. The van der Waals surface area contributed by atoms with Gasteiger partial charge in [-0.2, -0.15) is 0 Å². The van der Waals surface area contributed by atoms with Gasteiger partial charge in [-0.1, -0.05) is 121 Å². The first-order valence-corrected chi connectivity index (χ1v) is 14.3. The molecule has 1 nitrogen and oxygen atoms in total. The van der Waals surface area contributed by atoms with E-state index >= 15 is 0 Å². The highest BCUT2D eigenvalue weighted by Gasteiger charge is 2.41. The van der Waals surface area contributed by atoms with Gasteiger partial charge in [-0.05, 0) is 85.8 Å². The molecule has 192 valence electrons. The molecule has 1 atom stereocenters. The number of benzene rings is 7. The van der Waals surface area contributed by atoms with E-state index in [0.29, 0.717) is 0 Å². The van der Waals surface area contributed by atoms with Crippen LogP contribution < -0.4 is 4.74 Å². The maximum atomic E-state index is 6.39. The third-order valence-electron chi connectivity index (χ3n) is 9.36. The van der Waals surface area contributed by atoms with Crippen LogP contribution in [-0.2, 0) is 5.41 Å². The van der Waals surface area contributed by atoms with Crippen LogP contribution in [0, 0.1) is 0 Å².